The van der Waals surface area contributed by atoms with Crippen LogP contribution in [0.3, 0.4) is 0 Å². The van der Waals surface area contributed by atoms with Crippen molar-refractivity contribution in [3.05, 3.63) is 210 Å². The first-order valence-corrected chi connectivity index (χ1v) is 18.9. The zero-order valence-corrected chi connectivity index (χ0v) is 31.3. The van der Waals surface area contributed by atoms with E-state index in [1.807, 2.05) is 0 Å². The lowest BCUT2D eigenvalue weighted by molar-refractivity contribution is 0.660. The highest BCUT2D eigenvalue weighted by Gasteiger charge is 2.36. The molecule has 0 heterocycles. The van der Waals surface area contributed by atoms with Crippen molar-refractivity contribution in [1.82, 2.24) is 0 Å². The van der Waals surface area contributed by atoms with Crippen LogP contribution >= 0.6 is 0 Å². The Hall–Kier alpha value is -6.44. The van der Waals surface area contributed by atoms with Crippen LogP contribution in [0.2, 0.25) is 0 Å². The predicted octanol–water partition coefficient (Wildman–Crippen LogP) is 14.7. The monoisotopic (exact) mass is 693 g/mol. The summed E-state index contributed by atoms with van der Waals surface area (Å²) in [4.78, 5) is 2.47. The van der Waals surface area contributed by atoms with Crippen molar-refractivity contribution in [1.29, 1.82) is 0 Å². The van der Waals surface area contributed by atoms with E-state index in [0.717, 1.165) is 17.1 Å². The molecule has 0 amide bonds. The largest absolute Gasteiger partial charge is 0.310 e. The molecule has 0 saturated heterocycles. The van der Waals surface area contributed by atoms with Gasteiger partial charge in [0.1, 0.15) is 0 Å². The maximum Gasteiger partial charge on any atom is 0.0540 e. The van der Waals surface area contributed by atoms with Crippen LogP contribution in [0.25, 0.3) is 55.6 Å². The second-order valence-electron chi connectivity index (χ2n) is 15.1. The highest BCUT2D eigenvalue weighted by atomic mass is 15.1. The van der Waals surface area contributed by atoms with Gasteiger partial charge in [0.25, 0.3) is 0 Å². The van der Waals surface area contributed by atoms with Crippen LogP contribution in [-0.2, 0) is 5.41 Å². The van der Waals surface area contributed by atoms with Crippen LogP contribution in [0.5, 0.6) is 0 Å². The minimum Gasteiger partial charge on any atom is -0.310 e. The molecule has 0 radical (unpaired) electrons. The molecular weight excluding hydrogens is 651 g/mol. The van der Waals surface area contributed by atoms with E-state index >= 15 is 0 Å². The molecule has 0 spiro atoms. The number of rotatable bonds is 7. The summed E-state index contributed by atoms with van der Waals surface area (Å²) in [5.41, 5.74) is 21.0. The standard InChI is InChI=1S/C53H43N/c1-36-14-13-15-37(2)52(36)48-34-43(42-24-22-40(23-25-42)38-16-7-5-8-17-38)28-33-51(48)54(44-29-26-41(27-30-44)39-18-9-6-10-19-39)45-31-32-47-46-20-11-12-21-49(46)53(3,4)50(47)35-45/h5-35H,1-4H3. The summed E-state index contributed by atoms with van der Waals surface area (Å²) in [6.07, 6.45) is 0. The van der Waals surface area contributed by atoms with Crippen LogP contribution in [-0.4, -0.2) is 0 Å². The lowest BCUT2D eigenvalue weighted by Gasteiger charge is -2.31. The normalized spacial score (nSPS) is 12.6. The van der Waals surface area contributed by atoms with Crippen molar-refractivity contribution in [2.75, 3.05) is 4.90 Å². The summed E-state index contributed by atoms with van der Waals surface area (Å²) in [6.45, 7) is 9.20. The SMILES string of the molecule is Cc1cccc(C)c1-c1cc(-c2ccc(-c3ccccc3)cc2)ccc1N(c1ccc(-c2ccccc2)cc1)c1ccc2c(c1)C(C)(C)c1ccccc1-2. The van der Waals surface area contributed by atoms with Crippen LogP contribution in [0, 0.1) is 13.8 Å². The van der Waals surface area contributed by atoms with Gasteiger partial charge in [-0.25, -0.2) is 0 Å². The fraction of sp³-hybridized carbons (Fsp3) is 0.0943. The molecule has 1 aliphatic carbocycles. The van der Waals surface area contributed by atoms with Gasteiger partial charge in [-0.2, -0.15) is 0 Å². The zero-order chi connectivity index (χ0) is 36.8. The van der Waals surface area contributed by atoms with Crippen molar-refractivity contribution in [2.45, 2.75) is 33.1 Å². The van der Waals surface area contributed by atoms with E-state index < -0.39 is 0 Å². The number of anilines is 3. The minimum atomic E-state index is -0.115. The fourth-order valence-electron chi connectivity index (χ4n) is 8.53. The van der Waals surface area contributed by atoms with Gasteiger partial charge in [-0.3, -0.25) is 0 Å². The predicted molar refractivity (Wildman–Crippen MR) is 230 cm³/mol. The number of hydrogen-bond acceptors (Lipinski definition) is 1. The van der Waals surface area contributed by atoms with Gasteiger partial charge in [-0.05, 0) is 123 Å². The number of hydrogen-bond donors (Lipinski definition) is 0. The van der Waals surface area contributed by atoms with Crippen LogP contribution in [0.4, 0.5) is 17.1 Å². The van der Waals surface area contributed by atoms with Gasteiger partial charge >= 0.3 is 0 Å². The first-order valence-electron chi connectivity index (χ1n) is 18.9. The summed E-state index contributed by atoms with van der Waals surface area (Å²) < 4.78 is 0. The van der Waals surface area contributed by atoms with E-state index in [1.54, 1.807) is 0 Å². The van der Waals surface area contributed by atoms with Crippen molar-refractivity contribution >= 4 is 17.1 Å². The summed E-state index contributed by atoms with van der Waals surface area (Å²) in [5, 5.41) is 0. The summed E-state index contributed by atoms with van der Waals surface area (Å²) >= 11 is 0. The van der Waals surface area contributed by atoms with E-state index in [-0.39, 0.29) is 5.41 Å². The highest BCUT2D eigenvalue weighted by Crippen LogP contribution is 2.52. The van der Waals surface area contributed by atoms with Crippen molar-refractivity contribution in [3.63, 3.8) is 0 Å². The Bertz CT molecular complexity index is 2590. The number of benzene rings is 8. The topological polar surface area (TPSA) is 3.24 Å². The molecule has 0 bridgehead atoms. The second kappa shape index (κ2) is 13.5. The molecule has 0 N–H and O–H groups in total. The molecular formula is C53H43N. The lowest BCUT2D eigenvalue weighted by Crippen LogP contribution is -2.17. The van der Waals surface area contributed by atoms with Gasteiger partial charge < -0.3 is 4.90 Å². The third-order valence-corrected chi connectivity index (χ3v) is 11.4. The zero-order valence-electron chi connectivity index (χ0n) is 31.3. The average Bonchev–Trinajstić information content (AvgIpc) is 3.45. The maximum absolute atomic E-state index is 2.47. The molecule has 1 aliphatic rings. The maximum atomic E-state index is 2.47. The van der Waals surface area contributed by atoms with Gasteiger partial charge in [0.05, 0.1) is 5.69 Å². The highest BCUT2D eigenvalue weighted by molar-refractivity contribution is 5.94. The third-order valence-electron chi connectivity index (χ3n) is 11.4. The molecule has 54 heavy (non-hydrogen) atoms. The van der Waals surface area contributed by atoms with E-state index in [9.17, 15) is 0 Å². The first-order chi connectivity index (χ1) is 26.4. The van der Waals surface area contributed by atoms with E-state index in [1.165, 1.54) is 77.9 Å². The summed E-state index contributed by atoms with van der Waals surface area (Å²) in [5.74, 6) is 0. The van der Waals surface area contributed by atoms with Crippen LogP contribution in [0.15, 0.2) is 188 Å². The van der Waals surface area contributed by atoms with Crippen molar-refractivity contribution in [2.24, 2.45) is 0 Å². The molecule has 0 aromatic heterocycles. The molecule has 260 valence electrons. The Morgan fingerprint density at radius 2 is 0.833 bits per heavy atom. The number of nitrogens with zero attached hydrogens (tertiary/aromatic N) is 1. The minimum absolute atomic E-state index is 0.115. The molecule has 0 saturated carbocycles. The van der Waals surface area contributed by atoms with Crippen LogP contribution < -0.4 is 4.90 Å². The van der Waals surface area contributed by atoms with E-state index in [2.05, 4.69) is 221 Å². The Labute approximate surface area is 319 Å². The third kappa shape index (κ3) is 5.83. The lowest BCUT2D eigenvalue weighted by atomic mass is 9.82. The van der Waals surface area contributed by atoms with E-state index in [0.29, 0.717) is 0 Å². The Balaban J connectivity index is 1.24. The number of fused-ring (bicyclic) bond motifs is 3. The van der Waals surface area contributed by atoms with Crippen molar-refractivity contribution < 1.29 is 0 Å². The molecule has 1 heteroatoms. The molecule has 8 aromatic rings. The van der Waals surface area contributed by atoms with Gasteiger partial charge in [-0.15, -0.1) is 0 Å². The first kappa shape index (κ1) is 33.4. The Kier molecular flexibility index (Phi) is 8.36. The summed E-state index contributed by atoms with van der Waals surface area (Å²) in [7, 11) is 0. The van der Waals surface area contributed by atoms with E-state index in [4.69, 9.17) is 0 Å². The molecule has 0 aliphatic heterocycles. The van der Waals surface area contributed by atoms with Gasteiger partial charge in [0.2, 0.25) is 0 Å². The average molecular weight is 694 g/mol. The van der Waals surface area contributed by atoms with Gasteiger partial charge in [-0.1, -0.05) is 166 Å². The Morgan fingerprint density at radius 3 is 1.46 bits per heavy atom. The molecule has 0 fully saturated rings. The number of aryl methyl sites for hydroxylation is 2. The summed E-state index contributed by atoms with van der Waals surface area (Å²) in [6, 6.07) is 68.9. The molecule has 1 nitrogen and oxygen atoms in total. The quantitative estimate of drug-likeness (QED) is 0.161. The molecule has 8 aromatic carbocycles. The molecule has 9 rings (SSSR count). The molecule has 0 atom stereocenters. The second-order valence-corrected chi connectivity index (χ2v) is 15.1. The smallest absolute Gasteiger partial charge is 0.0540 e. The van der Waals surface area contributed by atoms with Gasteiger partial charge in [0.15, 0.2) is 0 Å². The Morgan fingerprint density at radius 1 is 0.352 bits per heavy atom. The van der Waals surface area contributed by atoms with Gasteiger partial charge in [0, 0.05) is 22.4 Å². The molecule has 0 unspecified atom stereocenters. The van der Waals surface area contributed by atoms with Crippen molar-refractivity contribution in [3.8, 4) is 55.6 Å². The fourth-order valence-corrected chi connectivity index (χ4v) is 8.53. The van der Waals surface area contributed by atoms with Crippen LogP contribution in [0.1, 0.15) is 36.1 Å².